The average molecular weight is 214 g/mol. The smallest absolute Gasteiger partial charge is 0.0986 e. The zero-order chi connectivity index (χ0) is 11.3. The molecule has 1 rings (SSSR count). The highest BCUT2D eigenvalue weighted by Gasteiger charge is 2.20. The van der Waals surface area contributed by atoms with Gasteiger partial charge in [0.15, 0.2) is 0 Å². The summed E-state index contributed by atoms with van der Waals surface area (Å²) in [5, 5.41) is 3.59. The van der Waals surface area contributed by atoms with Crippen molar-refractivity contribution in [3.05, 3.63) is 0 Å². The van der Waals surface area contributed by atoms with E-state index in [0.717, 1.165) is 19.2 Å². The first kappa shape index (κ1) is 12.9. The molecule has 0 amide bonds. The van der Waals surface area contributed by atoms with E-state index in [9.17, 15) is 0 Å². The molecular formula is C12H26N2O. The first-order valence-corrected chi connectivity index (χ1v) is 5.97. The largest absolute Gasteiger partial charge is 0.369 e. The van der Waals surface area contributed by atoms with Crippen LogP contribution in [0.3, 0.4) is 0 Å². The van der Waals surface area contributed by atoms with Crippen molar-refractivity contribution in [1.29, 1.82) is 0 Å². The molecule has 0 aromatic rings. The van der Waals surface area contributed by atoms with Crippen LogP contribution >= 0.6 is 0 Å². The maximum Gasteiger partial charge on any atom is 0.0986 e. The molecule has 1 N–H and O–H groups in total. The summed E-state index contributed by atoms with van der Waals surface area (Å²) in [4.78, 5) is 2.40. The van der Waals surface area contributed by atoms with E-state index < -0.39 is 0 Å². The van der Waals surface area contributed by atoms with Crippen LogP contribution in [-0.2, 0) is 4.74 Å². The molecule has 15 heavy (non-hydrogen) atoms. The van der Waals surface area contributed by atoms with E-state index in [1.807, 2.05) is 0 Å². The second kappa shape index (κ2) is 5.83. The summed E-state index contributed by atoms with van der Waals surface area (Å²) in [5.41, 5.74) is 0.240. The van der Waals surface area contributed by atoms with Gasteiger partial charge in [-0.2, -0.15) is 0 Å². The highest BCUT2D eigenvalue weighted by atomic mass is 16.5. The number of rotatable bonds is 4. The number of hydrogen-bond donors (Lipinski definition) is 1. The molecule has 1 aliphatic heterocycles. The minimum atomic E-state index is 0.240. The predicted octanol–water partition coefficient (Wildman–Crippen LogP) is 1.69. The van der Waals surface area contributed by atoms with Crippen molar-refractivity contribution in [2.24, 2.45) is 5.92 Å². The molecule has 3 heteroatoms. The van der Waals surface area contributed by atoms with Crippen LogP contribution in [-0.4, -0.2) is 43.9 Å². The number of nitrogens with one attached hydrogen (secondary N) is 1. The molecule has 1 atom stereocenters. The Morgan fingerprint density at radius 1 is 1.40 bits per heavy atom. The van der Waals surface area contributed by atoms with Gasteiger partial charge in [-0.3, -0.25) is 4.90 Å². The highest BCUT2D eigenvalue weighted by molar-refractivity contribution is 4.77. The summed E-state index contributed by atoms with van der Waals surface area (Å²) < 4.78 is 5.18. The topological polar surface area (TPSA) is 24.5 Å². The van der Waals surface area contributed by atoms with Gasteiger partial charge >= 0.3 is 0 Å². The number of nitrogens with zero attached hydrogens (tertiary/aromatic N) is 1. The van der Waals surface area contributed by atoms with Crippen molar-refractivity contribution < 1.29 is 4.74 Å². The van der Waals surface area contributed by atoms with Crippen LogP contribution in [0.5, 0.6) is 0 Å². The Morgan fingerprint density at radius 3 is 2.73 bits per heavy atom. The lowest BCUT2D eigenvalue weighted by atomic mass is 9.97. The van der Waals surface area contributed by atoms with Gasteiger partial charge in [0.25, 0.3) is 0 Å². The lowest BCUT2D eigenvalue weighted by Gasteiger charge is -2.34. The zero-order valence-corrected chi connectivity index (χ0v) is 10.7. The molecule has 0 saturated carbocycles. The third kappa shape index (κ3) is 5.50. The van der Waals surface area contributed by atoms with E-state index in [1.165, 1.54) is 25.9 Å². The lowest BCUT2D eigenvalue weighted by molar-refractivity contribution is 0.0333. The zero-order valence-electron chi connectivity index (χ0n) is 10.7. The molecular weight excluding hydrogens is 188 g/mol. The van der Waals surface area contributed by atoms with Gasteiger partial charge in [0.1, 0.15) is 0 Å². The van der Waals surface area contributed by atoms with Crippen molar-refractivity contribution in [2.45, 2.75) is 39.2 Å². The number of ether oxygens (including phenoxy) is 1. The van der Waals surface area contributed by atoms with Crippen LogP contribution in [0.4, 0.5) is 0 Å². The number of likely N-dealkylation sites (tertiary alicyclic amines) is 1. The van der Waals surface area contributed by atoms with Gasteiger partial charge in [-0.25, -0.2) is 0 Å². The third-order valence-corrected chi connectivity index (χ3v) is 2.84. The van der Waals surface area contributed by atoms with Gasteiger partial charge in [-0.05, 0) is 46.1 Å². The first-order chi connectivity index (χ1) is 7.01. The average Bonchev–Trinajstić information content (AvgIpc) is 2.15. The van der Waals surface area contributed by atoms with Crippen LogP contribution in [0.2, 0.25) is 0 Å². The molecule has 1 saturated heterocycles. The Hall–Kier alpha value is -0.120. The quantitative estimate of drug-likeness (QED) is 0.771. The fourth-order valence-corrected chi connectivity index (χ4v) is 2.07. The maximum absolute atomic E-state index is 5.18. The molecule has 0 bridgehead atoms. The predicted molar refractivity (Wildman–Crippen MR) is 63.9 cm³/mol. The Bertz CT molecular complexity index is 175. The number of methoxy groups -OCH3 is 1. The van der Waals surface area contributed by atoms with E-state index in [4.69, 9.17) is 4.74 Å². The molecule has 0 aliphatic carbocycles. The molecule has 1 unspecified atom stereocenters. The summed E-state index contributed by atoms with van der Waals surface area (Å²) in [6.07, 6.45) is 2.66. The van der Waals surface area contributed by atoms with E-state index in [-0.39, 0.29) is 5.54 Å². The molecule has 0 spiro atoms. The van der Waals surface area contributed by atoms with Crippen molar-refractivity contribution in [1.82, 2.24) is 10.2 Å². The first-order valence-electron chi connectivity index (χ1n) is 5.97. The maximum atomic E-state index is 5.18. The second-order valence-corrected chi connectivity index (χ2v) is 5.63. The van der Waals surface area contributed by atoms with Crippen LogP contribution in [0.25, 0.3) is 0 Å². The molecule has 3 nitrogen and oxygen atoms in total. The van der Waals surface area contributed by atoms with Gasteiger partial charge in [0.2, 0.25) is 0 Å². The van der Waals surface area contributed by atoms with E-state index in [1.54, 1.807) is 7.11 Å². The summed E-state index contributed by atoms with van der Waals surface area (Å²) in [6, 6.07) is 0. The van der Waals surface area contributed by atoms with E-state index in [0.29, 0.717) is 0 Å². The van der Waals surface area contributed by atoms with Gasteiger partial charge in [0, 0.05) is 25.7 Å². The monoisotopic (exact) mass is 214 g/mol. The Kier molecular flexibility index (Phi) is 5.03. The normalized spacial score (nSPS) is 24.4. The second-order valence-electron chi connectivity index (χ2n) is 5.63. The number of hydrogen-bond acceptors (Lipinski definition) is 3. The van der Waals surface area contributed by atoms with Crippen LogP contribution in [0.1, 0.15) is 33.6 Å². The molecule has 1 aliphatic rings. The van der Waals surface area contributed by atoms with Gasteiger partial charge in [0.05, 0.1) is 6.73 Å². The van der Waals surface area contributed by atoms with Crippen LogP contribution < -0.4 is 5.32 Å². The lowest BCUT2D eigenvalue weighted by Crippen LogP contribution is -2.45. The summed E-state index contributed by atoms with van der Waals surface area (Å²) >= 11 is 0. The summed E-state index contributed by atoms with van der Waals surface area (Å²) in [5.74, 6) is 0.785. The van der Waals surface area contributed by atoms with Crippen molar-refractivity contribution in [3.8, 4) is 0 Å². The minimum absolute atomic E-state index is 0.240. The van der Waals surface area contributed by atoms with Crippen molar-refractivity contribution in [3.63, 3.8) is 0 Å². The molecule has 0 aromatic heterocycles. The molecule has 1 heterocycles. The molecule has 90 valence electrons. The van der Waals surface area contributed by atoms with E-state index in [2.05, 4.69) is 31.0 Å². The molecule has 1 fully saturated rings. The van der Waals surface area contributed by atoms with Gasteiger partial charge in [-0.15, -0.1) is 0 Å². The fourth-order valence-electron chi connectivity index (χ4n) is 2.07. The minimum Gasteiger partial charge on any atom is -0.369 e. The summed E-state index contributed by atoms with van der Waals surface area (Å²) in [7, 11) is 1.77. The Labute approximate surface area is 94.2 Å². The van der Waals surface area contributed by atoms with Gasteiger partial charge < -0.3 is 10.1 Å². The Balaban J connectivity index is 2.24. The molecule has 0 aromatic carbocycles. The van der Waals surface area contributed by atoms with E-state index >= 15 is 0 Å². The van der Waals surface area contributed by atoms with Crippen molar-refractivity contribution >= 4 is 0 Å². The number of piperidine rings is 1. The fraction of sp³-hybridized carbons (Fsp3) is 1.00. The summed E-state index contributed by atoms with van der Waals surface area (Å²) in [6.45, 7) is 11.0. The van der Waals surface area contributed by atoms with Crippen LogP contribution in [0.15, 0.2) is 0 Å². The van der Waals surface area contributed by atoms with Crippen molar-refractivity contribution in [2.75, 3.05) is 33.5 Å². The Morgan fingerprint density at radius 2 is 2.13 bits per heavy atom. The van der Waals surface area contributed by atoms with Gasteiger partial charge in [-0.1, -0.05) is 0 Å². The van der Waals surface area contributed by atoms with Crippen LogP contribution in [0, 0.1) is 5.92 Å². The third-order valence-electron chi connectivity index (χ3n) is 2.84. The standard InChI is InChI=1S/C12H26N2O/c1-12(2,3)13-8-11-6-5-7-14(9-11)10-15-4/h11,13H,5-10H2,1-4H3. The SMILES string of the molecule is COCN1CCCC(CNC(C)(C)C)C1. The highest BCUT2D eigenvalue weighted by Crippen LogP contribution is 2.16. The molecule has 0 radical (unpaired) electrons.